The molecule has 2 unspecified atom stereocenters. The second-order valence-electron chi connectivity index (χ2n) is 3.98. The molecule has 1 rings (SSSR count). The van der Waals surface area contributed by atoms with Crippen LogP contribution in [0.15, 0.2) is 9.98 Å². The van der Waals surface area contributed by atoms with Gasteiger partial charge in [-0.05, 0) is 12.8 Å². The average Bonchev–Trinajstić information content (AvgIpc) is 2.30. The van der Waals surface area contributed by atoms with Crippen molar-refractivity contribution in [2.75, 3.05) is 0 Å². The number of hydrogen-bond donors (Lipinski definition) is 2. The maximum atomic E-state index is 10.3. The summed E-state index contributed by atoms with van der Waals surface area (Å²) < 4.78 is 0. The normalized spacial score (nSPS) is 22.4. The SMILES string of the molecule is O=C=NC(S)C1(C(S)N=C=O)CCCCC1. The van der Waals surface area contributed by atoms with Crippen LogP contribution in [0.4, 0.5) is 0 Å². The third-order valence-corrected chi connectivity index (χ3v) is 4.42. The summed E-state index contributed by atoms with van der Waals surface area (Å²) in [5.74, 6) is 0. The molecule has 1 aliphatic carbocycles. The van der Waals surface area contributed by atoms with Crippen LogP contribution < -0.4 is 0 Å². The van der Waals surface area contributed by atoms with Crippen LogP contribution in [-0.4, -0.2) is 22.9 Å². The Morgan fingerprint density at radius 2 is 1.38 bits per heavy atom. The minimum atomic E-state index is -0.509. The molecule has 0 aromatic heterocycles. The highest BCUT2D eigenvalue weighted by molar-refractivity contribution is 7.82. The van der Waals surface area contributed by atoms with E-state index >= 15 is 0 Å². The van der Waals surface area contributed by atoms with E-state index in [4.69, 9.17) is 0 Å². The summed E-state index contributed by atoms with van der Waals surface area (Å²) in [6.07, 6.45) is 7.80. The molecular weight excluding hydrogens is 244 g/mol. The van der Waals surface area contributed by atoms with E-state index in [0.29, 0.717) is 0 Å². The second-order valence-corrected chi connectivity index (χ2v) is 4.96. The first kappa shape index (κ1) is 13.5. The van der Waals surface area contributed by atoms with E-state index in [1.807, 2.05) is 0 Å². The first-order chi connectivity index (χ1) is 7.67. The number of carbonyl (C=O) groups excluding carboxylic acids is 2. The van der Waals surface area contributed by atoms with Crippen molar-refractivity contribution >= 4 is 37.4 Å². The molecule has 0 aromatic carbocycles. The first-order valence-electron chi connectivity index (χ1n) is 5.17. The number of isocyanates is 2. The highest BCUT2D eigenvalue weighted by atomic mass is 32.1. The van der Waals surface area contributed by atoms with Crippen molar-refractivity contribution in [2.24, 2.45) is 15.4 Å². The molecule has 0 radical (unpaired) electrons. The van der Waals surface area contributed by atoms with Gasteiger partial charge in [0, 0.05) is 5.41 Å². The molecule has 0 saturated heterocycles. The van der Waals surface area contributed by atoms with Crippen LogP contribution >= 0.6 is 25.3 Å². The summed E-state index contributed by atoms with van der Waals surface area (Å²) in [4.78, 5) is 27.9. The molecule has 16 heavy (non-hydrogen) atoms. The zero-order valence-corrected chi connectivity index (χ0v) is 10.6. The Morgan fingerprint density at radius 3 is 1.75 bits per heavy atom. The predicted octanol–water partition coefficient (Wildman–Crippen LogP) is 2.12. The monoisotopic (exact) mass is 258 g/mol. The molecule has 0 aromatic rings. The quantitative estimate of drug-likeness (QED) is 0.461. The molecule has 6 heteroatoms. The van der Waals surface area contributed by atoms with E-state index in [9.17, 15) is 9.59 Å². The Balaban J connectivity index is 2.98. The highest BCUT2D eigenvalue weighted by Crippen LogP contribution is 2.47. The van der Waals surface area contributed by atoms with Gasteiger partial charge in [0.2, 0.25) is 12.2 Å². The first-order valence-corrected chi connectivity index (χ1v) is 6.21. The van der Waals surface area contributed by atoms with Crippen LogP contribution in [0.3, 0.4) is 0 Å². The van der Waals surface area contributed by atoms with Crippen molar-refractivity contribution in [1.82, 2.24) is 0 Å². The standard InChI is InChI=1S/C10H14N2O2S2/c13-6-11-8(15)10(9(16)12-7-14)4-2-1-3-5-10/h8-9,15-16H,1-5H2. The smallest absolute Gasteiger partial charge is 0.211 e. The number of nitrogens with zero attached hydrogens (tertiary/aromatic N) is 2. The van der Waals surface area contributed by atoms with Gasteiger partial charge in [0.05, 0.1) is 0 Å². The highest BCUT2D eigenvalue weighted by Gasteiger charge is 2.44. The maximum Gasteiger partial charge on any atom is 0.236 e. The largest absolute Gasteiger partial charge is 0.236 e. The van der Waals surface area contributed by atoms with Gasteiger partial charge >= 0.3 is 0 Å². The molecule has 2 atom stereocenters. The number of aliphatic imine (C=N–C) groups is 2. The molecule has 0 amide bonds. The van der Waals surface area contributed by atoms with Gasteiger partial charge in [-0.15, -0.1) is 0 Å². The third-order valence-electron chi connectivity index (χ3n) is 3.16. The summed E-state index contributed by atoms with van der Waals surface area (Å²) in [5.41, 5.74) is -0.431. The van der Waals surface area contributed by atoms with Crippen LogP contribution in [0.25, 0.3) is 0 Å². The zero-order valence-electron chi connectivity index (χ0n) is 8.80. The Labute approximate surface area is 105 Å². The minimum Gasteiger partial charge on any atom is -0.211 e. The van der Waals surface area contributed by atoms with E-state index in [2.05, 4.69) is 35.2 Å². The number of thiol groups is 2. The summed E-state index contributed by atoms with van der Waals surface area (Å²) >= 11 is 8.61. The lowest BCUT2D eigenvalue weighted by molar-refractivity contribution is 0.183. The molecular formula is C10H14N2O2S2. The molecule has 1 saturated carbocycles. The van der Waals surface area contributed by atoms with Gasteiger partial charge in [-0.2, -0.15) is 35.2 Å². The molecule has 0 aliphatic heterocycles. The van der Waals surface area contributed by atoms with Gasteiger partial charge in [0.1, 0.15) is 10.7 Å². The van der Waals surface area contributed by atoms with Gasteiger partial charge in [-0.25, -0.2) is 9.59 Å². The average molecular weight is 258 g/mol. The van der Waals surface area contributed by atoms with Crippen LogP contribution in [0, 0.1) is 5.41 Å². The molecule has 0 N–H and O–H groups in total. The molecule has 1 aliphatic rings. The fourth-order valence-electron chi connectivity index (χ4n) is 2.22. The minimum absolute atomic E-state index is 0.431. The Hall–Kier alpha value is -0.540. The van der Waals surface area contributed by atoms with Crippen LogP contribution in [0.2, 0.25) is 0 Å². The summed E-state index contributed by atoms with van der Waals surface area (Å²) in [7, 11) is 0. The van der Waals surface area contributed by atoms with E-state index in [1.165, 1.54) is 12.2 Å². The fourth-order valence-corrected chi connectivity index (χ4v) is 3.23. The Morgan fingerprint density at radius 1 is 0.938 bits per heavy atom. The van der Waals surface area contributed by atoms with Gasteiger partial charge in [0.15, 0.2) is 0 Å². The van der Waals surface area contributed by atoms with Gasteiger partial charge in [-0.3, -0.25) is 0 Å². The Bertz CT molecular complexity index is 304. The van der Waals surface area contributed by atoms with Crippen LogP contribution in [0.5, 0.6) is 0 Å². The van der Waals surface area contributed by atoms with Crippen molar-refractivity contribution in [2.45, 2.75) is 42.9 Å². The zero-order chi connectivity index (χ0) is 12.0. The number of hydrogen-bond acceptors (Lipinski definition) is 6. The summed E-state index contributed by atoms with van der Waals surface area (Å²) in [5, 5.41) is -1.02. The summed E-state index contributed by atoms with van der Waals surface area (Å²) in [6.45, 7) is 0. The third kappa shape index (κ3) is 2.77. The van der Waals surface area contributed by atoms with Crippen LogP contribution in [-0.2, 0) is 9.59 Å². The molecule has 0 spiro atoms. The van der Waals surface area contributed by atoms with Gasteiger partial charge in [-0.1, -0.05) is 19.3 Å². The van der Waals surface area contributed by atoms with E-state index < -0.39 is 16.2 Å². The van der Waals surface area contributed by atoms with E-state index in [-0.39, 0.29) is 0 Å². The van der Waals surface area contributed by atoms with Crippen molar-refractivity contribution < 1.29 is 9.59 Å². The fraction of sp³-hybridized carbons (Fsp3) is 0.800. The second kappa shape index (κ2) is 6.26. The van der Waals surface area contributed by atoms with Gasteiger partial charge < -0.3 is 0 Å². The predicted molar refractivity (Wildman–Crippen MR) is 67.3 cm³/mol. The van der Waals surface area contributed by atoms with Crippen molar-refractivity contribution in [3.63, 3.8) is 0 Å². The van der Waals surface area contributed by atoms with E-state index in [1.54, 1.807) is 0 Å². The Kier molecular flexibility index (Phi) is 5.29. The molecule has 88 valence electrons. The molecule has 0 bridgehead atoms. The van der Waals surface area contributed by atoms with E-state index in [0.717, 1.165) is 32.1 Å². The molecule has 0 heterocycles. The molecule has 1 fully saturated rings. The lowest BCUT2D eigenvalue weighted by Gasteiger charge is -2.41. The van der Waals surface area contributed by atoms with Crippen molar-refractivity contribution in [3.05, 3.63) is 0 Å². The van der Waals surface area contributed by atoms with Crippen LogP contribution in [0.1, 0.15) is 32.1 Å². The van der Waals surface area contributed by atoms with Gasteiger partial charge in [0.25, 0.3) is 0 Å². The number of rotatable bonds is 4. The maximum absolute atomic E-state index is 10.3. The molecule has 4 nitrogen and oxygen atoms in total. The van der Waals surface area contributed by atoms with Crippen molar-refractivity contribution in [1.29, 1.82) is 0 Å². The van der Waals surface area contributed by atoms with Crippen molar-refractivity contribution in [3.8, 4) is 0 Å². The lowest BCUT2D eigenvalue weighted by Crippen LogP contribution is -2.40. The topological polar surface area (TPSA) is 58.9 Å². The summed E-state index contributed by atoms with van der Waals surface area (Å²) in [6, 6.07) is 0. The lowest BCUT2D eigenvalue weighted by atomic mass is 9.73.